The Hall–Kier alpha value is -1.26. The standard InChI is InChI=1S/C13H24N2O3/c1-8-4-6-11(10(8)3)15-13(18)14-9(2)5-7-12(16)17/h8-11H,4-7H2,1-3H3,(H,16,17)(H2,14,15,18). The van der Waals surface area contributed by atoms with Gasteiger partial charge in [0.05, 0.1) is 0 Å². The van der Waals surface area contributed by atoms with E-state index >= 15 is 0 Å². The van der Waals surface area contributed by atoms with Gasteiger partial charge in [0.25, 0.3) is 0 Å². The van der Waals surface area contributed by atoms with E-state index in [0.29, 0.717) is 18.3 Å². The number of nitrogens with one attached hydrogen (secondary N) is 2. The van der Waals surface area contributed by atoms with E-state index in [1.54, 1.807) is 0 Å². The Kier molecular flexibility index (Phi) is 5.44. The summed E-state index contributed by atoms with van der Waals surface area (Å²) < 4.78 is 0. The summed E-state index contributed by atoms with van der Waals surface area (Å²) in [5.74, 6) is 0.326. The van der Waals surface area contributed by atoms with Crippen molar-refractivity contribution in [2.75, 3.05) is 0 Å². The second-order valence-corrected chi connectivity index (χ2v) is 5.47. The molecule has 1 rings (SSSR count). The van der Waals surface area contributed by atoms with E-state index in [1.807, 2.05) is 6.92 Å². The maximum atomic E-state index is 11.7. The van der Waals surface area contributed by atoms with Crippen molar-refractivity contribution in [2.45, 2.75) is 58.5 Å². The number of rotatable bonds is 5. The van der Waals surface area contributed by atoms with Gasteiger partial charge in [-0.2, -0.15) is 0 Å². The molecule has 4 atom stereocenters. The highest BCUT2D eigenvalue weighted by Gasteiger charge is 2.30. The number of urea groups is 1. The smallest absolute Gasteiger partial charge is 0.315 e. The summed E-state index contributed by atoms with van der Waals surface area (Å²) in [6, 6.07) is -0.0549. The zero-order valence-electron chi connectivity index (χ0n) is 11.4. The minimum atomic E-state index is -0.831. The topological polar surface area (TPSA) is 78.4 Å². The number of carbonyl (C=O) groups excluding carboxylic acids is 1. The monoisotopic (exact) mass is 256 g/mol. The van der Waals surface area contributed by atoms with E-state index in [4.69, 9.17) is 5.11 Å². The predicted octanol–water partition coefficient (Wildman–Crippen LogP) is 1.97. The summed E-state index contributed by atoms with van der Waals surface area (Å²) in [5.41, 5.74) is 0. The number of carboxylic acids is 1. The molecular formula is C13H24N2O3. The van der Waals surface area contributed by atoms with Crippen molar-refractivity contribution in [1.29, 1.82) is 0 Å². The largest absolute Gasteiger partial charge is 0.481 e. The highest BCUT2D eigenvalue weighted by molar-refractivity contribution is 5.74. The SMILES string of the molecule is CC(CCC(=O)O)NC(=O)NC1CCC(C)C1C. The van der Waals surface area contributed by atoms with Crippen LogP contribution in [0.4, 0.5) is 4.79 Å². The number of carbonyl (C=O) groups is 2. The van der Waals surface area contributed by atoms with Crippen LogP contribution >= 0.6 is 0 Å². The van der Waals surface area contributed by atoms with Gasteiger partial charge in [0.1, 0.15) is 0 Å². The molecule has 0 heterocycles. The molecule has 3 N–H and O–H groups in total. The Morgan fingerprint density at radius 1 is 1.33 bits per heavy atom. The molecule has 2 amide bonds. The van der Waals surface area contributed by atoms with Gasteiger partial charge in [-0.05, 0) is 38.0 Å². The maximum absolute atomic E-state index is 11.7. The van der Waals surface area contributed by atoms with Crippen LogP contribution in [0.3, 0.4) is 0 Å². The Labute approximate surface area is 108 Å². The van der Waals surface area contributed by atoms with Crippen molar-refractivity contribution in [3.63, 3.8) is 0 Å². The van der Waals surface area contributed by atoms with Crippen molar-refractivity contribution < 1.29 is 14.7 Å². The molecule has 0 aromatic carbocycles. The van der Waals surface area contributed by atoms with Crippen molar-refractivity contribution in [2.24, 2.45) is 11.8 Å². The third-order valence-corrected chi connectivity index (χ3v) is 3.95. The summed E-state index contributed by atoms with van der Waals surface area (Å²) in [7, 11) is 0. The van der Waals surface area contributed by atoms with E-state index in [9.17, 15) is 9.59 Å². The Bertz CT molecular complexity index is 307. The first-order chi connectivity index (χ1) is 8.40. The Morgan fingerprint density at radius 3 is 2.50 bits per heavy atom. The van der Waals surface area contributed by atoms with Crippen LogP contribution in [0.15, 0.2) is 0 Å². The van der Waals surface area contributed by atoms with Gasteiger partial charge in [0.15, 0.2) is 0 Å². The van der Waals surface area contributed by atoms with Crippen molar-refractivity contribution in [3.8, 4) is 0 Å². The molecule has 0 bridgehead atoms. The third kappa shape index (κ3) is 4.55. The van der Waals surface area contributed by atoms with Crippen LogP contribution in [0, 0.1) is 11.8 Å². The van der Waals surface area contributed by atoms with Crippen molar-refractivity contribution in [3.05, 3.63) is 0 Å². The molecule has 5 heteroatoms. The van der Waals surface area contributed by atoms with Crippen LogP contribution in [-0.2, 0) is 4.79 Å². The van der Waals surface area contributed by atoms with Crippen LogP contribution in [0.1, 0.15) is 46.5 Å². The van der Waals surface area contributed by atoms with E-state index in [1.165, 1.54) is 0 Å². The van der Waals surface area contributed by atoms with Crippen LogP contribution in [0.5, 0.6) is 0 Å². The number of amides is 2. The normalized spacial score (nSPS) is 28.7. The Balaban J connectivity index is 2.27. The lowest BCUT2D eigenvalue weighted by atomic mass is 9.98. The molecular weight excluding hydrogens is 232 g/mol. The van der Waals surface area contributed by atoms with Gasteiger partial charge in [-0.1, -0.05) is 13.8 Å². The van der Waals surface area contributed by atoms with Gasteiger partial charge < -0.3 is 15.7 Å². The summed E-state index contributed by atoms with van der Waals surface area (Å²) >= 11 is 0. The molecule has 0 radical (unpaired) electrons. The molecule has 18 heavy (non-hydrogen) atoms. The van der Waals surface area contributed by atoms with Gasteiger partial charge >= 0.3 is 12.0 Å². The molecule has 4 unspecified atom stereocenters. The lowest BCUT2D eigenvalue weighted by Crippen LogP contribution is -2.46. The van der Waals surface area contributed by atoms with Gasteiger partial charge in [-0.15, -0.1) is 0 Å². The van der Waals surface area contributed by atoms with Crippen LogP contribution in [-0.4, -0.2) is 29.2 Å². The lowest BCUT2D eigenvalue weighted by molar-refractivity contribution is -0.137. The van der Waals surface area contributed by atoms with E-state index in [-0.39, 0.29) is 24.5 Å². The van der Waals surface area contributed by atoms with E-state index in [2.05, 4.69) is 24.5 Å². The first-order valence-electron chi connectivity index (χ1n) is 6.69. The van der Waals surface area contributed by atoms with E-state index in [0.717, 1.165) is 12.8 Å². The molecule has 0 saturated heterocycles. The van der Waals surface area contributed by atoms with E-state index < -0.39 is 5.97 Å². The van der Waals surface area contributed by atoms with Crippen molar-refractivity contribution in [1.82, 2.24) is 10.6 Å². The molecule has 1 fully saturated rings. The molecule has 104 valence electrons. The lowest BCUT2D eigenvalue weighted by Gasteiger charge is -2.21. The number of hydrogen-bond acceptors (Lipinski definition) is 2. The van der Waals surface area contributed by atoms with Crippen LogP contribution in [0.25, 0.3) is 0 Å². The fourth-order valence-electron chi connectivity index (χ4n) is 2.41. The third-order valence-electron chi connectivity index (χ3n) is 3.95. The number of carboxylic acid groups (broad SMARTS) is 1. The Morgan fingerprint density at radius 2 is 2.00 bits per heavy atom. The van der Waals surface area contributed by atoms with Gasteiger partial charge in [-0.3, -0.25) is 4.79 Å². The molecule has 5 nitrogen and oxygen atoms in total. The highest BCUT2D eigenvalue weighted by Crippen LogP contribution is 2.30. The second-order valence-electron chi connectivity index (χ2n) is 5.47. The van der Waals surface area contributed by atoms with Gasteiger partial charge in [0, 0.05) is 18.5 Å². The summed E-state index contributed by atoms with van der Waals surface area (Å²) in [4.78, 5) is 22.2. The molecule has 0 aromatic heterocycles. The highest BCUT2D eigenvalue weighted by atomic mass is 16.4. The minimum Gasteiger partial charge on any atom is -0.481 e. The fourth-order valence-corrected chi connectivity index (χ4v) is 2.41. The predicted molar refractivity (Wildman–Crippen MR) is 69.3 cm³/mol. The molecule has 1 saturated carbocycles. The van der Waals surface area contributed by atoms with Gasteiger partial charge in [-0.25, -0.2) is 4.79 Å². The first kappa shape index (κ1) is 14.8. The minimum absolute atomic E-state index is 0.0817. The molecule has 1 aliphatic rings. The van der Waals surface area contributed by atoms with Crippen LogP contribution in [0.2, 0.25) is 0 Å². The summed E-state index contributed by atoms with van der Waals surface area (Å²) in [6.07, 6.45) is 2.72. The quantitative estimate of drug-likeness (QED) is 0.703. The van der Waals surface area contributed by atoms with Crippen molar-refractivity contribution >= 4 is 12.0 Å². The maximum Gasteiger partial charge on any atom is 0.315 e. The second kappa shape index (κ2) is 6.61. The average molecular weight is 256 g/mol. The zero-order valence-corrected chi connectivity index (χ0v) is 11.4. The average Bonchev–Trinajstić information content (AvgIpc) is 2.58. The fraction of sp³-hybridized carbons (Fsp3) is 0.846. The molecule has 0 aliphatic heterocycles. The number of hydrogen-bond donors (Lipinski definition) is 3. The summed E-state index contributed by atoms with van der Waals surface area (Å²) in [5, 5.41) is 14.3. The van der Waals surface area contributed by atoms with Gasteiger partial charge in [0.2, 0.25) is 0 Å². The molecule has 0 aromatic rings. The summed E-state index contributed by atoms with van der Waals surface area (Å²) in [6.45, 7) is 6.19. The molecule has 1 aliphatic carbocycles. The first-order valence-corrected chi connectivity index (χ1v) is 6.69. The zero-order chi connectivity index (χ0) is 13.7. The van der Waals surface area contributed by atoms with Crippen LogP contribution < -0.4 is 10.6 Å². The molecule has 0 spiro atoms. The number of aliphatic carboxylic acids is 1.